The fourth-order valence-corrected chi connectivity index (χ4v) is 7.17. The van der Waals surface area contributed by atoms with Crippen molar-refractivity contribution in [1.82, 2.24) is 10.6 Å². The van der Waals surface area contributed by atoms with E-state index in [9.17, 15) is 24.3 Å². The van der Waals surface area contributed by atoms with Crippen LogP contribution in [0.5, 0.6) is 0 Å². The van der Waals surface area contributed by atoms with Gasteiger partial charge in [0.15, 0.2) is 0 Å². The number of amides is 3. The van der Waals surface area contributed by atoms with Crippen molar-refractivity contribution in [2.24, 2.45) is 11.8 Å². The van der Waals surface area contributed by atoms with E-state index < -0.39 is 5.97 Å². The lowest BCUT2D eigenvalue weighted by atomic mass is 9.80. The van der Waals surface area contributed by atoms with Crippen LogP contribution < -0.4 is 15.5 Å². The van der Waals surface area contributed by atoms with E-state index in [2.05, 4.69) is 16.7 Å². The van der Waals surface area contributed by atoms with Crippen molar-refractivity contribution >= 4 is 41.5 Å². The molecule has 1 fully saturated rings. The van der Waals surface area contributed by atoms with E-state index in [1.165, 1.54) is 0 Å². The van der Waals surface area contributed by atoms with Gasteiger partial charge in [-0.15, -0.1) is 0 Å². The van der Waals surface area contributed by atoms with Crippen LogP contribution in [0.2, 0.25) is 0 Å². The number of unbranched alkanes of at least 4 members (excludes halogenated alkanes) is 1. The summed E-state index contributed by atoms with van der Waals surface area (Å²) < 4.78 is 0. The standard InChI is InChI=1S/C39H53N3O5/c1-29(43)41-34-19-6-2-4-15-31(16-5-3-7-20-34)35(39(46)47)21-12-13-27-40-37(44)25-26-38(45)42-28-33-18-9-8-14-30(33)23-24-32-17-10-11-22-36(32)42/h8-11,14,17-18,22-24,31,34-35H,2-7,12-13,15-16,19-21,25-28H2,1H3,(H,40,44)(H,41,43)(H,46,47)/b24-23-. The molecule has 4 rings (SSSR count). The molecule has 3 amide bonds. The molecule has 0 radical (unpaired) electrons. The van der Waals surface area contributed by atoms with Gasteiger partial charge in [-0.3, -0.25) is 19.2 Å². The number of rotatable bonds is 11. The van der Waals surface area contributed by atoms with E-state index in [4.69, 9.17) is 0 Å². The number of carboxylic acids is 1. The summed E-state index contributed by atoms with van der Waals surface area (Å²) in [6.07, 6.45) is 16.5. The normalized spacial score (nSPS) is 20.1. The summed E-state index contributed by atoms with van der Waals surface area (Å²) in [5.41, 5.74) is 3.94. The Morgan fingerprint density at radius 1 is 0.809 bits per heavy atom. The van der Waals surface area contributed by atoms with Gasteiger partial charge in [-0.25, -0.2) is 0 Å². The maximum atomic E-state index is 13.4. The molecule has 8 heteroatoms. The van der Waals surface area contributed by atoms with Gasteiger partial charge in [-0.2, -0.15) is 0 Å². The lowest BCUT2D eigenvalue weighted by Crippen LogP contribution is -2.33. The largest absolute Gasteiger partial charge is 0.481 e. The number of anilines is 1. The molecule has 2 aromatic rings. The molecule has 1 heterocycles. The second-order valence-electron chi connectivity index (χ2n) is 13.3. The minimum Gasteiger partial charge on any atom is -0.481 e. The van der Waals surface area contributed by atoms with E-state index in [0.717, 1.165) is 93.0 Å². The number of fused-ring (bicyclic) bond motifs is 2. The first kappa shape index (κ1) is 35.9. The van der Waals surface area contributed by atoms with Crippen molar-refractivity contribution in [3.8, 4) is 0 Å². The Labute approximate surface area is 280 Å². The van der Waals surface area contributed by atoms with Gasteiger partial charge in [0.25, 0.3) is 0 Å². The van der Waals surface area contributed by atoms with Crippen molar-refractivity contribution in [1.29, 1.82) is 0 Å². The number of hydrogen-bond donors (Lipinski definition) is 3. The molecule has 1 aliphatic carbocycles. The Bertz CT molecular complexity index is 1360. The number of para-hydroxylation sites is 1. The third-order valence-corrected chi connectivity index (χ3v) is 9.73. The van der Waals surface area contributed by atoms with Crippen LogP contribution >= 0.6 is 0 Å². The summed E-state index contributed by atoms with van der Waals surface area (Å²) in [5, 5.41) is 16.1. The number of benzene rings is 2. The maximum absolute atomic E-state index is 13.4. The van der Waals surface area contributed by atoms with E-state index >= 15 is 0 Å². The first-order valence-electron chi connectivity index (χ1n) is 17.7. The van der Waals surface area contributed by atoms with Gasteiger partial charge in [0, 0.05) is 32.4 Å². The lowest BCUT2D eigenvalue weighted by molar-refractivity contribution is -0.144. The minimum atomic E-state index is -0.709. The van der Waals surface area contributed by atoms with E-state index in [1.807, 2.05) is 54.6 Å². The first-order valence-corrected chi connectivity index (χ1v) is 17.7. The van der Waals surface area contributed by atoms with Crippen LogP contribution in [0.15, 0.2) is 48.5 Å². The van der Waals surface area contributed by atoms with Gasteiger partial charge in [0.05, 0.1) is 18.2 Å². The molecule has 0 saturated heterocycles. The molecule has 2 aromatic carbocycles. The van der Waals surface area contributed by atoms with Crippen molar-refractivity contribution in [2.75, 3.05) is 11.4 Å². The zero-order valence-electron chi connectivity index (χ0n) is 28.1. The Kier molecular flexibility index (Phi) is 14.5. The van der Waals surface area contributed by atoms with Crippen molar-refractivity contribution in [3.63, 3.8) is 0 Å². The van der Waals surface area contributed by atoms with Crippen molar-refractivity contribution < 1.29 is 24.3 Å². The summed E-state index contributed by atoms with van der Waals surface area (Å²) >= 11 is 0. The Morgan fingerprint density at radius 2 is 1.45 bits per heavy atom. The van der Waals surface area contributed by atoms with Gasteiger partial charge in [-0.05, 0) is 67.2 Å². The summed E-state index contributed by atoms with van der Waals surface area (Å²) in [6.45, 7) is 2.51. The van der Waals surface area contributed by atoms with Crippen LogP contribution in [0.3, 0.4) is 0 Å². The minimum absolute atomic E-state index is 0.0379. The molecule has 1 atom stereocenters. The zero-order chi connectivity index (χ0) is 33.4. The van der Waals surface area contributed by atoms with E-state index in [0.29, 0.717) is 25.9 Å². The molecule has 1 saturated carbocycles. The molecule has 1 aliphatic heterocycles. The van der Waals surface area contributed by atoms with Crippen LogP contribution in [0.1, 0.15) is 120 Å². The van der Waals surface area contributed by atoms with Crippen LogP contribution in [-0.4, -0.2) is 41.4 Å². The second kappa shape index (κ2) is 19.0. The van der Waals surface area contributed by atoms with Crippen LogP contribution in [0.4, 0.5) is 5.69 Å². The summed E-state index contributed by atoms with van der Waals surface area (Å²) in [7, 11) is 0. The first-order chi connectivity index (χ1) is 22.8. The molecule has 8 nitrogen and oxygen atoms in total. The average molecular weight is 644 g/mol. The van der Waals surface area contributed by atoms with Crippen molar-refractivity contribution in [2.45, 2.75) is 116 Å². The van der Waals surface area contributed by atoms with Gasteiger partial charge in [0.1, 0.15) is 0 Å². The molecular formula is C39H53N3O5. The highest BCUT2D eigenvalue weighted by molar-refractivity contribution is 5.98. The highest BCUT2D eigenvalue weighted by Crippen LogP contribution is 2.31. The third kappa shape index (κ3) is 11.7. The maximum Gasteiger partial charge on any atom is 0.306 e. The van der Waals surface area contributed by atoms with Gasteiger partial charge in [-0.1, -0.05) is 99.6 Å². The number of carbonyl (C=O) groups is 4. The number of carboxylic acid groups (broad SMARTS) is 1. The predicted molar refractivity (Wildman–Crippen MR) is 187 cm³/mol. The van der Waals surface area contributed by atoms with Gasteiger partial charge in [0.2, 0.25) is 17.7 Å². The SMILES string of the molecule is CC(=O)NC1CCCCCC(C(CCCCNC(=O)CCC(=O)N2Cc3ccccc3/C=C\c3ccccc32)C(=O)O)CCCCC1. The number of hydrogen-bond acceptors (Lipinski definition) is 4. The highest BCUT2D eigenvalue weighted by atomic mass is 16.4. The smallest absolute Gasteiger partial charge is 0.306 e. The number of nitrogens with one attached hydrogen (secondary N) is 2. The monoisotopic (exact) mass is 643 g/mol. The van der Waals surface area contributed by atoms with E-state index in [1.54, 1.807) is 11.8 Å². The highest BCUT2D eigenvalue weighted by Gasteiger charge is 2.27. The molecule has 254 valence electrons. The molecule has 0 aromatic heterocycles. The molecule has 3 N–H and O–H groups in total. The zero-order valence-corrected chi connectivity index (χ0v) is 28.1. The Balaban J connectivity index is 1.20. The fourth-order valence-electron chi connectivity index (χ4n) is 7.17. The van der Waals surface area contributed by atoms with Gasteiger partial charge >= 0.3 is 5.97 Å². The predicted octanol–water partition coefficient (Wildman–Crippen LogP) is 7.51. The number of aliphatic carboxylic acids is 1. The molecule has 2 aliphatic rings. The van der Waals surface area contributed by atoms with Crippen LogP contribution in [0, 0.1) is 11.8 Å². The van der Waals surface area contributed by atoms with E-state index in [-0.39, 0.29) is 48.4 Å². The van der Waals surface area contributed by atoms with Crippen molar-refractivity contribution in [3.05, 3.63) is 65.2 Å². The topological polar surface area (TPSA) is 116 Å². The summed E-state index contributed by atoms with van der Waals surface area (Å²) in [4.78, 5) is 51.7. The quantitative estimate of drug-likeness (QED) is 0.219. The summed E-state index contributed by atoms with van der Waals surface area (Å²) in [6, 6.07) is 16.1. The summed E-state index contributed by atoms with van der Waals surface area (Å²) in [5.74, 6) is -1.11. The second-order valence-corrected chi connectivity index (χ2v) is 13.3. The molecule has 47 heavy (non-hydrogen) atoms. The molecule has 1 unspecified atom stereocenters. The Hall–Kier alpha value is -3.94. The van der Waals surface area contributed by atoms with Crippen LogP contribution in [-0.2, 0) is 25.7 Å². The number of nitrogens with zero attached hydrogens (tertiary/aromatic N) is 1. The fraction of sp³-hybridized carbons (Fsp3) is 0.538. The third-order valence-electron chi connectivity index (χ3n) is 9.73. The molecule has 0 bridgehead atoms. The van der Waals surface area contributed by atoms with Gasteiger partial charge < -0.3 is 20.6 Å². The molecule has 0 spiro atoms. The Morgan fingerprint density at radius 3 is 2.15 bits per heavy atom. The average Bonchev–Trinajstić information content (AvgIpc) is 3.04. The van der Waals surface area contributed by atoms with Crippen LogP contribution in [0.25, 0.3) is 12.2 Å². The lowest BCUT2D eigenvalue weighted by Gasteiger charge is -2.27. The number of carbonyl (C=O) groups excluding carboxylic acids is 3. The molecular weight excluding hydrogens is 590 g/mol.